The van der Waals surface area contributed by atoms with Crippen molar-refractivity contribution in [2.24, 2.45) is 33.8 Å². The molecule has 16 nitrogen and oxygen atoms in total. The molecule has 0 spiro atoms. The van der Waals surface area contributed by atoms with E-state index in [4.69, 9.17) is 22.9 Å². The Bertz CT molecular complexity index is 1250. The first-order chi connectivity index (χ1) is 22.3. The molecule has 1 aliphatic rings. The van der Waals surface area contributed by atoms with Crippen molar-refractivity contribution < 1.29 is 28.8 Å². The molecule has 1 aliphatic heterocycles. The lowest BCUT2D eigenvalue weighted by Crippen LogP contribution is -2.59. The molecule has 1 aromatic rings. The Balaban J connectivity index is 2.36. The van der Waals surface area contributed by atoms with Crippen LogP contribution >= 0.6 is 0 Å². The van der Waals surface area contributed by atoms with E-state index in [1.165, 1.54) is 0 Å². The Hall–Kier alpha value is -4.73. The SMILES string of the molecule is CC(C)C[C@@H]1NC(=O)[C@@H](NC(=O)[C@@H](N)CCCN=C(N)N)CCCCNC(=O)[C@H](CC(N)=O)NC(=O)[C@H](Cc2ccccc2)NC1=O. The molecule has 0 aromatic heterocycles. The predicted molar refractivity (Wildman–Crippen MR) is 176 cm³/mol. The number of rotatable bonds is 12. The number of benzene rings is 1. The van der Waals surface area contributed by atoms with Crippen LogP contribution in [0.25, 0.3) is 0 Å². The number of guanidine groups is 1. The number of amides is 6. The number of primary amides is 1. The molecule has 0 radical (unpaired) electrons. The summed E-state index contributed by atoms with van der Waals surface area (Å²) >= 11 is 0. The Kier molecular flexibility index (Phi) is 16.1. The summed E-state index contributed by atoms with van der Waals surface area (Å²) in [5, 5.41) is 13.4. The maximum atomic E-state index is 13.7. The van der Waals surface area contributed by atoms with E-state index in [1.807, 2.05) is 13.8 Å². The second-order valence-electron chi connectivity index (χ2n) is 12.1. The number of nitrogens with zero attached hydrogens (tertiary/aromatic N) is 1. The zero-order valence-electron chi connectivity index (χ0n) is 27.1. The lowest BCUT2D eigenvalue weighted by molar-refractivity contribution is -0.135. The number of nitrogens with two attached hydrogens (primary N) is 4. The molecule has 0 saturated carbocycles. The van der Waals surface area contributed by atoms with Gasteiger partial charge in [0.1, 0.15) is 24.2 Å². The van der Waals surface area contributed by atoms with Gasteiger partial charge in [-0.05, 0) is 50.0 Å². The van der Waals surface area contributed by atoms with Crippen molar-refractivity contribution in [3.05, 3.63) is 35.9 Å². The van der Waals surface area contributed by atoms with Crippen LogP contribution in [-0.2, 0) is 35.2 Å². The fourth-order valence-corrected chi connectivity index (χ4v) is 5.00. The van der Waals surface area contributed by atoms with Gasteiger partial charge in [-0.2, -0.15) is 0 Å². The van der Waals surface area contributed by atoms with E-state index in [0.717, 1.165) is 5.56 Å². The molecule has 1 saturated heterocycles. The monoisotopic (exact) mass is 658 g/mol. The van der Waals surface area contributed by atoms with E-state index in [0.29, 0.717) is 19.3 Å². The number of aliphatic imine (C=N–C) groups is 1. The third-order valence-electron chi connectivity index (χ3n) is 7.45. The molecule has 16 heteroatoms. The average Bonchev–Trinajstić information content (AvgIpc) is 3.00. The minimum absolute atomic E-state index is 0.0339. The quantitative estimate of drug-likeness (QED) is 0.0667. The van der Waals surface area contributed by atoms with Gasteiger partial charge in [-0.3, -0.25) is 33.8 Å². The second kappa shape index (κ2) is 19.7. The molecule has 260 valence electrons. The van der Waals surface area contributed by atoms with Crippen molar-refractivity contribution in [2.75, 3.05) is 13.1 Å². The number of carbonyl (C=O) groups excluding carboxylic acids is 6. The van der Waals surface area contributed by atoms with Gasteiger partial charge in [0.2, 0.25) is 35.4 Å². The van der Waals surface area contributed by atoms with Gasteiger partial charge >= 0.3 is 0 Å². The van der Waals surface area contributed by atoms with Crippen molar-refractivity contribution in [1.29, 1.82) is 0 Å². The maximum absolute atomic E-state index is 13.7. The molecule has 0 bridgehead atoms. The lowest BCUT2D eigenvalue weighted by atomic mass is 9.99. The van der Waals surface area contributed by atoms with Crippen LogP contribution in [0.2, 0.25) is 0 Å². The highest BCUT2D eigenvalue weighted by Gasteiger charge is 2.33. The molecule has 0 unspecified atom stereocenters. The maximum Gasteiger partial charge on any atom is 0.243 e. The molecule has 2 rings (SSSR count). The number of hydrogen-bond donors (Lipinski definition) is 9. The first-order valence-corrected chi connectivity index (χ1v) is 15.9. The summed E-state index contributed by atoms with van der Waals surface area (Å²) < 4.78 is 0. The van der Waals surface area contributed by atoms with E-state index in [9.17, 15) is 28.8 Å². The third-order valence-corrected chi connectivity index (χ3v) is 7.45. The van der Waals surface area contributed by atoms with E-state index in [2.05, 4.69) is 31.6 Å². The standard InChI is InChI=1S/C31H50N10O6/c1-18(2)15-22-29(46)40-23(16-19-9-4-3-5-10-19)30(47)41-24(17-25(33)42)27(44)36-13-7-6-12-21(28(45)39-22)38-26(43)20(32)11-8-14-37-31(34)35/h3-5,9-10,18,20-24H,6-8,11-17,32H2,1-2H3,(H2,33,42)(H,36,44)(H,38,43)(H,39,45)(H,40,46)(H,41,47)(H4,34,35,37)/t20-,21-,22-,23-,24-/m0/s1. The lowest BCUT2D eigenvalue weighted by Gasteiger charge is -2.28. The van der Waals surface area contributed by atoms with Crippen LogP contribution in [0.5, 0.6) is 0 Å². The van der Waals surface area contributed by atoms with Gasteiger partial charge in [-0.1, -0.05) is 44.2 Å². The topological polar surface area (TPSA) is 279 Å². The largest absolute Gasteiger partial charge is 0.370 e. The van der Waals surface area contributed by atoms with Crippen LogP contribution in [0.3, 0.4) is 0 Å². The summed E-state index contributed by atoms with van der Waals surface area (Å²) in [4.78, 5) is 82.4. The molecule has 1 heterocycles. The second-order valence-corrected chi connectivity index (χ2v) is 12.1. The fraction of sp³-hybridized carbons (Fsp3) is 0.581. The fourth-order valence-electron chi connectivity index (χ4n) is 5.00. The van der Waals surface area contributed by atoms with Crippen LogP contribution in [0.1, 0.15) is 64.4 Å². The molecular formula is C31H50N10O6. The van der Waals surface area contributed by atoms with Gasteiger partial charge in [-0.15, -0.1) is 0 Å². The predicted octanol–water partition coefficient (Wildman–Crippen LogP) is -2.23. The molecule has 47 heavy (non-hydrogen) atoms. The van der Waals surface area contributed by atoms with Gasteiger partial charge in [0.25, 0.3) is 0 Å². The van der Waals surface area contributed by atoms with Crippen molar-refractivity contribution in [2.45, 2.75) is 95.4 Å². The minimum Gasteiger partial charge on any atom is -0.370 e. The van der Waals surface area contributed by atoms with Crippen LogP contribution in [0.15, 0.2) is 35.3 Å². The molecule has 13 N–H and O–H groups in total. The molecule has 6 amide bonds. The highest BCUT2D eigenvalue weighted by Crippen LogP contribution is 2.11. The van der Waals surface area contributed by atoms with Crippen molar-refractivity contribution in [3.8, 4) is 0 Å². The highest BCUT2D eigenvalue weighted by molar-refractivity contribution is 5.97. The highest BCUT2D eigenvalue weighted by atomic mass is 16.2. The zero-order chi connectivity index (χ0) is 34.9. The summed E-state index contributed by atoms with van der Waals surface area (Å²) in [6.07, 6.45) is 1.52. The van der Waals surface area contributed by atoms with Crippen LogP contribution < -0.4 is 49.5 Å². The summed E-state index contributed by atoms with van der Waals surface area (Å²) in [5.41, 5.74) is 22.8. The summed E-state index contributed by atoms with van der Waals surface area (Å²) in [5.74, 6) is -4.01. The Morgan fingerprint density at radius 2 is 1.53 bits per heavy atom. The Morgan fingerprint density at radius 1 is 0.894 bits per heavy atom. The molecular weight excluding hydrogens is 608 g/mol. The molecule has 0 aliphatic carbocycles. The summed E-state index contributed by atoms with van der Waals surface area (Å²) in [7, 11) is 0. The Labute approximate surface area is 275 Å². The van der Waals surface area contributed by atoms with Crippen molar-refractivity contribution in [1.82, 2.24) is 26.6 Å². The summed E-state index contributed by atoms with van der Waals surface area (Å²) in [6.45, 7) is 4.20. The molecule has 5 atom stereocenters. The smallest absolute Gasteiger partial charge is 0.243 e. The normalized spacial score (nSPS) is 22.2. The third kappa shape index (κ3) is 14.5. The van der Waals surface area contributed by atoms with Crippen LogP contribution in [-0.4, -0.2) is 84.7 Å². The number of nitrogens with one attached hydrogen (secondary N) is 5. The number of hydrogen-bond acceptors (Lipinski definition) is 8. The molecule has 1 fully saturated rings. The van der Waals surface area contributed by atoms with E-state index in [1.54, 1.807) is 30.3 Å². The van der Waals surface area contributed by atoms with Crippen LogP contribution in [0.4, 0.5) is 0 Å². The van der Waals surface area contributed by atoms with E-state index < -0.39 is 72.1 Å². The van der Waals surface area contributed by atoms with Gasteiger partial charge in [0.05, 0.1) is 12.5 Å². The number of carbonyl (C=O) groups is 6. The summed E-state index contributed by atoms with van der Waals surface area (Å²) in [6, 6.07) is 3.44. The van der Waals surface area contributed by atoms with Gasteiger partial charge in [0, 0.05) is 19.5 Å². The Morgan fingerprint density at radius 3 is 2.17 bits per heavy atom. The average molecular weight is 659 g/mol. The van der Waals surface area contributed by atoms with Crippen LogP contribution in [0, 0.1) is 5.92 Å². The van der Waals surface area contributed by atoms with E-state index in [-0.39, 0.29) is 50.7 Å². The van der Waals surface area contributed by atoms with Gasteiger partial charge in [-0.25, -0.2) is 0 Å². The van der Waals surface area contributed by atoms with E-state index >= 15 is 0 Å². The minimum atomic E-state index is -1.27. The first-order valence-electron chi connectivity index (χ1n) is 15.9. The molecule has 1 aromatic carbocycles. The van der Waals surface area contributed by atoms with Gasteiger partial charge < -0.3 is 49.5 Å². The first kappa shape index (κ1) is 38.5. The van der Waals surface area contributed by atoms with Crippen molar-refractivity contribution in [3.63, 3.8) is 0 Å². The van der Waals surface area contributed by atoms with Gasteiger partial charge in [0.15, 0.2) is 5.96 Å². The van der Waals surface area contributed by atoms with Crippen molar-refractivity contribution >= 4 is 41.4 Å². The zero-order valence-corrected chi connectivity index (χ0v) is 27.1.